The summed E-state index contributed by atoms with van der Waals surface area (Å²) in [6.45, 7) is 11.4. The molecule has 1 unspecified atom stereocenters. The fourth-order valence-corrected chi connectivity index (χ4v) is 10.6. The van der Waals surface area contributed by atoms with E-state index in [1.54, 1.807) is 12.1 Å². The van der Waals surface area contributed by atoms with Gasteiger partial charge in [-0.05, 0) is 123 Å². The van der Waals surface area contributed by atoms with Crippen molar-refractivity contribution in [1.29, 1.82) is 0 Å². The van der Waals surface area contributed by atoms with E-state index >= 15 is 0 Å². The van der Waals surface area contributed by atoms with Crippen LogP contribution in [0.1, 0.15) is 88.8 Å². The summed E-state index contributed by atoms with van der Waals surface area (Å²) >= 11 is 0. The molecule has 3 aromatic carbocycles. The number of quaternary nitrogens is 2. The highest BCUT2D eigenvalue weighted by Crippen LogP contribution is 2.53. The van der Waals surface area contributed by atoms with Crippen molar-refractivity contribution in [2.24, 2.45) is 0 Å². The average molecular weight is 886 g/mol. The maximum Gasteiger partial charge on any atom is 0.294 e. The molecule has 62 heavy (non-hydrogen) atoms. The summed E-state index contributed by atoms with van der Waals surface area (Å²) < 4.78 is 70.9. The Morgan fingerprint density at radius 3 is 2.05 bits per heavy atom. The van der Waals surface area contributed by atoms with E-state index in [0.29, 0.717) is 16.3 Å². The molecule has 1 atom stereocenters. The summed E-state index contributed by atoms with van der Waals surface area (Å²) in [6, 6.07) is 18.1. The van der Waals surface area contributed by atoms with Crippen LogP contribution in [0.4, 0.5) is 11.4 Å². The van der Waals surface area contributed by atoms with Crippen LogP contribution in [0.15, 0.2) is 117 Å². The first kappa shape index (κ1) is 47.2. The van der Waals surface area contributed by atoms with Gasteiger partial charge < -0.3 is 19.4 Å². The van der Waals surface area contributed by atoms with Gasteiger partial charge in [-0.15, -0.1) is 0 Å². The van der Waals surface area contributed by atoms with Crippen molar-refractivity contribution in [3.63, 3.8) is 0 Å². The smallest absolute Gasteiger partial charge is 0.294 e. The number of allylic oxidation sites excluding steroid dienone is 7. The Labute approximate surface area is 371 Å². The van der Waals surface area contributed by atoms with Gasteiger partial charge in [0.25, 0.3) is 10.1 Å². The van der Waals surface area contributed by atoms with Gasteiger partial charge in [-0.1, -0.05) is 37.6 Å². The molecule has 0 aromatic heterocycles. The number of nitrogens with zero attached hydrogens (tertiary/aromatic N) is 3. The number of sulfone groups is 1. The molecule has 0 bridgehead atoms. The molecule has 334 valence electrons. The molecule has 1 heterocycles. The van der Waals surface area contributed by atoms with Gasteiger partial charge in [0.15, 0.2) is 22.1 Å². The molecule has 3 aromatic rings. The minimum Gasteiger partial charge on any atom is -0.457 e. The Morgan fingerprint density at radius 1 is 0.790 bits per heavy atom. The molecular formula is C50H69N4O6S2+3. The Kier molecular flexibility index (Phi) is 13.2. The predicted molar refractivity (Wildman–Crippen MR) is 252 cm³/mol. The van der Waals surface area contributed by atoms with Crippen LogP contribution >= 0.6 is 0 Å². The third kappa shape index (κ3) is 10.5. The summed E-state index contributed by atoms with van der Waals surface area (Å²) in [5.41, 5.74) is 14.2. The zero-order valence-electron chi connectivity index (χ0n) is 38.7. The fourth-order valence-electron chi connectivity index (χ4n) is 9.41. The molecule has 0 fully saturated rings. The molecular weight excluding hydrogens is 817 g/mol. The highest BCUT2D eigenvalue weighted by molar-refractivity contribution is 7.90. The summed E-state index contributed by atoms with van der Waals surface area (Å²) in [5.74, 6) is 1.61. The zero-order valence-corrected chi connectivity index (χ0v) is 40.4. The fraction of sp³-hybridized carbons (Fsp3) is 0.460. The van der Waals surface area contributed by atoms with E-state index in [0.717, 1.165) is 107 Å². The first-order valence-corrected chi connectivity index (χ1v) is 25.1. The Balaban J connectivity index is 1.47. The van der Waals surface area contributed by atoms with Crippen LogP contribution in [0.5, 0.6) is 5.75 Å². The largest absolute Gasteiger partial charge is 0.457 e. The van der Waals surface area contributed by atoms with Crippen LogP contribution in [0.3, 0.4) is 0 Å². The molecule has 0 saturated heterocycles. The second-order valence-electron chi connectivity index (χ2n) is 20.6. The van der Waals surface area contributed by atoms with Gasteiger partial charge in [0, 0.05) is 41.0 Å². The summed E-state index contributed by atoms with van der Waals surface area (Å²) in [6.07, 6.45) is 15.5. The summed E-state index contributed by atoms with van der Waals surface area (Å²) in [4.78, 5) is 0.232. The van der Waals surface area contributed by atoms with Crippen molar-refractivity contribution in [2.45, 2.75) is 92.8 Å². The van der Waals surface area contributed by atoms with E-state index in [9.17, 15) is 21.4 Å². The second kappa shape index (κ2) is 17.3. The highest BCUT2D eigenvalue weighted by Gasteiger charge is 2.45. The topological polar surface area (TPSA) is 127 Å². The Morgan fingerprint density at radius 2 is 1.42 bits per heavy atom. The number of rotatable bonds is 15. The summed E-state index contributed by atoms with van der Waals surface area (Å²) in [7, 11) is 5.39. The second-order valence-corrected chi connectivity index (χ2v) is 24.0. The van der Waals surface area contributed by atoms with E-state index in [-0.39, 0.29) is 10.8 Å². The monoisotopic (exact) mass is 885 g/mol. The van der Waals surface area contributed by atoms with Gasteiger partial charge in [-0.25, -0.2) is 8.42 Å². The van der Waals surface area contributed by atoms with Gasteiger partial charge >= 0.3 is 0 Å². The molecule has 6 rings (SSSR count). The maximum absolute atomic E-state index is 12.7. The number of nitrogen functional groups attached to an aromatic ring is 1. The van der Waals surface area contributed by atoms with Gasteiger partial charge in [-0.3, -0.25) is 4.55 Å². The number of anilines is 1. The molecule has 2 aliphatic carbocycles. The van der Waals surface area contributed by atoms with Crippen LogP contribution in [-0.2, 0) is 30.8 Å². The molecule has 0 saturated carbocycles. The van der Waals surface area contributed by atoms with Gasteiger partial charge in [-0.2, -0.15) is 13.0 Å². The van der Waals surface area contributed by atoms with Crippen molar-refractivity contribution in [3.05, 3.63) is 124 Å². The van der Waals surface area contributed by atoms with Crippen molar-refractivity contribution < 1.29 is 39.7 Å². The lowest BCUT2D eigenvalue weighted by Crippen LogP contribution is -2.36. The van der Waals surface area contributed by atoms with Crippen molar-refractivity contribution in [3.8, 4) is 5.75 Å². The lowest BCUT2D eigenvalue weighted by atomic mass is 9.79. The average Bonchev–Trinajstić information content (AvgIpc) is 3.50. The van der Waals surface area contributed by atoms with Crippen molar-refractivity contribution in [1.82, 2.24) is 0 Å². The molecule has 0 spiro atoms. The molecule has 10 nitrogen and oxygen atoms in total. The number of ether oxygens (including phenoxy) is 1. The predicted octanol–water partition coefficient (Wildman–Crippen LogP) is 8.88. The molecule has 0 amide bonds. The highest BCUT2D eigenvalue weighted by atomic mass is 32.2. The first-order valence-electron chi connectivity index (χ1n) is 21.8. The van der Waals surface area contributed by atoms with Crippen LogP contribution < -0.4 is 10.5 Å². The maximum atomic E-state index is 12.7. The molecule has 3 N–H and O–H groups in total. The van der Waals surface area contributed by atoms with E-state index in [1.165, 1.54) is 23.5 Å². The van der Waals surface area contributed by atoms with E-state index < -0.39 is 30.8 Å². The van der Waals surface area contributed by atoms with Gasteiger partial charge in [0.05, 0.1) is 77.0 Å². The Hall–Kier alpha value is -4.33. The number of nitrogens with two attached hydrogens (primary N) is 1. The normalized spacial score (nSPS) is 20.4. The van der Waals surface area contributed by atoms with Crippen molar-refractivity contribution in [2.75, 3.05) is 73.9 Å². The van der Waals surface area contributed by atoms with E-state index in [4.69, 9.17) is 10.5 Å². The third-order valence-electron chi connectivity index (χ3n) is 12.8. The van der Waals surface area contributed by atoms with Gasteiger partial charge in [0.2, 0.25) is 5.69 Å². The van der Waals surface area contributed by atoms with Crippen LogP contribution in [-0.4, -0.2) is 109 Å². The zero-order chi connectivity index (χ0) is 45.6. The van der Waals surface area contributed by atoms with E-state index in [1.807, 2.05) is 42.5 Å². The number of fused-ring (bicyclic) bond motifs is 2. The first-order chi connectivity index (χ1) is 28.7. The number of benzene rings is 3. The SMILES string of the molecule is CC1(C)C(/C=C/C2=C(Oc3ccc(N)cc3)C(=C/C=C3/C(CCC[N+](C)(C)C)c4ccc(S(C)(=O)=O)cc4C3(C)C)/CCC2)=[N+](CCC[N+](C)(C)C)c2ccc(S(=O)(=O)O)cc21. The molecule has 3 aliphatic rings. The van der Waals surface area contributed by atoms with Crippen LogP contribution in [0.25, 0.3) is 0 Å². The Bertz CT molecular complexity index is 2600. The minimum absolute atomic E-state index is 0.112. The van der Waals surface area contributed by atoms with Crippen molar-refractivity contribution >= 4 is 37.0 Å². The lowest BCUT2D eigenvalue weighted by Gasteiger charge is -2.27. The lowest BCUT2D eigenvalue weighted by molar-refractivity contribution is -0.871. The standard InChI is InChI=1S/C50H68N4O6S2/c1-49(2)43(41(17-13-31-53(5,6)7)42-26-24-39(33-44(42)49)61(11,55)56)27-18-35-15-12-16-36(48(35)60-38-22-20-37(51)21-23-38)19-29-47-50(3,4)45-34-40(62(57,58)59)25-28-46(45)52(47)30-14-32-54(8,9)10/h18-29,33-34,41H,12-17,30-32,51H2,1-11H3/q+2/p+1/b29-19+,35-18+,43-27-. The van der Waals surface area contributed by atoms with Crippen LogP contribution in [0, 0.1) is 0 Å². The molecule has 0 radical (unpaired) electrons. The van der Waals surface area contributed by atoms with Gasteiger partial charge in [0.1, 0.15) is 11.5 Å². The molecule has 1 aliphatic heterocycles. The van der Waals surface area contributed by atoms with E-state index in [2.05, 4.69) is 98.9 Å². The minimum atomic E-state index is -4.39. The van der Waals surface area contributed by atoms with Crippen LogP contribution in [0.2, 0.25) is 0 Å². The third-order valence-corrected chi connectivity index (χ3v) is 14.7. The quantitative estimate of drug-likeness (QED) is 0.0676. The number of hydrogen-bond donors (Lipinski definition) is 2. The number of hydrogen-bond acceptors (Lipinski definition) is 6. The summed E-state index contributed by atoms with van der Waals surface area (Å²) in [5, 5.41) is 0. The molecule has 12 heteroatoms.